The van der Waals surface area contributed by atoms with Crippen molar-refractivity contribution >= 4 is 17.3 Å². The maximum atomic E-state index is 6.42. The van der Waals surface area contributed by atoms with Gasteiger partial charge in [-0.1, -0.05) is 23.7 Å². The topological polar surface area (TPSA) is 32.5 Å². The molecule has 0 aliphatic carbocycles. The Morgan fingerprint density at radius 1 is 1.26 bits per heavy atom. The van der Waals surface area contributed by atoms with Crippen LogP contribution >= 0.6 is 11.6 Å². The zero-order valence-electron chi connectivity index (χ0n) is 11.5. The van der Waals surface area contributed by atoms with Crippen molar-refractivity contribution in [2.45, 2.75) is 37.9 Å². The van der Waals surface area contributed by atoms with E-state index in [2.05, 4.69) is 22.9 Å². The minimum Gasteiger partial charge on any atom is -0.368 e. The molecule has 2 aliphatic rings. The van der Waals surface area contributed by atoms with Crippen molar-refractivity contribution in [3.05, 3.63) is 28.8 Å². The summed E-state index contributed by atoms with van der Waals surface area (Å²) in [5.74, 6) is 0. The van der Waals surface area contributed by atoms with Crippen LogP contribution in [0.5, 0.6) is 0 Å². The summed E-state index contributed by atoms with van der Waals surface area (Å²) in [6, 6.07) is 7.47. The number of hydrogen-bond donors (Lipinski definition) is 1. The van der Waals surface area contributed by atoms with E-state index in [9.17, 15) is 0 Å². The molecule has 2 N–H and O–H groups in total. The molecule has 3 nitrogen and oxygen atoms in total. The number of nitrogens with two attached hydrogens (primary N) is 1. The van der Waals surface area contributed by atoms with Crippen molar-refractivity contribution in [2.24, 2.45) is 5.73 Å². The van der Waals surface area contributed by atoms with Crippen molar-refractivity contribution < 1.29 is 0 Å². The van der Waals surface area contributed by atoms with Gasteiger partial charge < -0.3 is 10.6 Å². The zero-order valence-corrected chi connectivity index (χ0v) is 12.2. The van der Waals surface area contributed by atoms with E-state index < -0.39 is 0 Å². The SMILES string of the molecule is CN1C2CCC1CN(c1c(Cl)cccc1CN)CC2. The van der Waals surface area contributed by atoms with E-state index in [-0.39, 0.29) is 0 Å². The predicted octanol–water partition coefficient (Wildman–Crippen LogP) is 2.47. The number of anilines is 1. The van der Waals surface area contributed by atoms with Gasteiger partial charge >= 0.3 is 0 Å². The smallest absolute Gasteiger partial charge is 0.0642 e. The molecule has 2 bridgehead atoms. The molecule has 104 valence electrons. The minimum absolute atomic E-state index is 0.552. The highest BCUT2D eigenvalue weighted by atomic mass is 35.5. The Hall–Kier alpha value is -0.770. The van der Waals surface area contributed by atoms with Crippen molar-refractivity contribution in [3.8, 4) is 0 Å². The summed E-state index contributed by atoms with van der Waals surface area (Å²) in [7, 11) is 2.27. The first kappa shape index (κ1) is 13.2. The van der Waals surface area contributed by atoms with E-state index in [1.165, 1.54) is 19.3 Å². The fourth-order valence-corrected chi connectivity index (χ4v) is 3.90. The lowest BCUT2D eigenvalue weighted by atomic mass is 10.1. The van der Waals surface area contributed by atoms with Gasteiger partial charge in [0, 0.05) is 31.7 Å². The minimum atomic E-state index is 0.552. The van der Waals surface area contributed by atoms with Crippen LogP contribution in [-0.2, 0) is 6.54 Å². The lowest BCUT2D eigenvalue weighted by Gasteiger charge is -2.30. The van der Waals surface area contributed by atoms with Crippen molar-refractivity contribution in [1.82, 2.24) is 4.90 Å². The van der Waals surface area contributed by atoms with E-state index in [0.29, 0.717) is 12.6 Å². The molecule has 0 radical (unpaired) electrons. The number of fused-ring (bicyclic) bond motifs is 2. The van der Waals surface area contributed by atoms with Gasteiger partial charge in [-0.2, -0.15) is 0 Å². The molecule has 0 spiro atoms. The normalized spacial score (nSPS) is 27.6. The van der Waals surface area contributed by atoms with Crippen LogP contribution in [0, 0.1) is 0 Å². The molecule has 0 saturated carbocycles. The molecule has 0 amide bonds. The summed E-state index contributed by atoms with van der Waals surface area (Å²) in [5.41, 5.74) is 8.19. The number of likely N-dealkylation sites (N-methyl/N-ethyl adjacent to an activating group) is 1. The van der Waals surface area contributed by atoms with Gasteiger partial charge in [-0.05, 0) is 37.9 Å². The Kier molecular flexibility index (Phi) is 3.70. The van der Waals surface area contributed by atoms with E-state index in [1.54, 1.807) is 0 Å². The maximum Gasteiger partial charge on any atom is 0.0642 e. The van der Waals surface area contributed by atoms with E-state index in [0.717, 1.165) is 35.4 Å². The van der Waals surface area contributed by atoms with Gasteiger partial charge in [-0.15, -0.1) is 0 Å². The molecule has 3 rings (SSSR count). The highest BCUT2D eigenvalue weighted by Gasteiger charge is 2.35. The quantitative estimate of drug-likeness (QED) is 0.903. The summed E-state index contributed by atoms with van der Waals surface area (Å²) >= 11 is 6.42. The van der Waals surface area contributed by atoms with E-state index >= 15 is 0 Å². The first-order chi connectivity index (χ1) is 9.20. The van der Waals surface area contributed by atoms with Gasteiger partial charge in [0.05, 0.1) is 10.7 Å². The van der Waals surface area contributed by atoms with Gasteiger partial charge in [-0.3, -0.25) is 4.90 Å². The Labute approximate surface area is 120 Å². The third kappa shape index (κ3) is 2.35. The summed E-state index contributed by atoms with van der Waals surface area (Å²) in [6.07, 6.45) is 3.88. The largest absolute Gasteiger partial charge is 0.368 e. The van der Waals surface area contributed by atoms with Crippen molar-refractivity contribution in [3.63, 3.8) is 0 Å². The van der Waals surface area contributed by atoms with Crippen LogP contribution in [0.4, 0.5) is 5.69 Å². The molecule has 19 heavy (non-hydrogen) atoms. The molecular weight excluding hydrogens is 258 g/mol. The second-order valence-electron chi connectivity index (χ2n) is 5.74. The average molecular weight is 280 g/mol. The highest BCUT2D eigenvalue weighted by molar-refractivity contribution is 6.33. The van der Waals surface area contributed by atoms with Gasteiger partial charge in [0.15, 0.2) is 0 Å². The molecule has 2 atom stereocenters. The number of nitrogens with zero attached hydrogens (tertiary/aromatic N) is 2. The molecule has 1 aromatic rings. The first-order valence-corrected chi connectivity index (χ1v) is 7.53. The van der Waals surface area contributed by atoms with Crippen LogP contribution in [0.3, 0.4) is 0 Å². The van der Waals surface area contributed by atoms with Gasteiger partial charge in [0.2, 0.25) is 0 Å². The first-order valence-electron chi connectivity index (χ1n) is 7.15. The van der Waals surface area contributed by atoms with E-state index in [4.69, 9.17) is 17.3 Å². The predicted molar refractivity (Wildman–Crippen MR) is 80.7 cm³/mol. The molecule has 2 aliphatic heterocycles. The molecular formula is C15H22ClN3. The van der Waals surface area contributed by atoms with Gasteiger partial charge in [0.1, 0.15) is 0 Å². The van der Waals surface area contributed by atoms with Crippen LogP contribution in [0.15, 0.2) is 18.2 Å². The molecule has 1 aromatic carbocycles. The highest BCUT2D eigenvalue weighted by Crippen LogP contribution is 2.35. The third-order valence-corrected chi connectivity index (χ3v) is 5.06. The number of para-hydroxylation sites is 1. The summed E-state index contributed by atoms with van der Waals surface area (Å²) in [6.45, 7) is 2.71. The van der Waals surface area contributed by atoms with Crippen LogP contribution in [0.1, 0.15) is 24.8 Å². The lowest BCUT2D eigenvalue weighted by molar-refractivity contribution is 0.254. The molecule has 2 fully saturated rings. The second-order valence-corrected chi connectivity index (χ2v) is 6.14. The zero-order chi connectivity index (χ0) is 13.4. The van der Waals surface area contributed by atoms with Gasteiger partial charge in [0.25, 0.3) is 0 Å². The van der Waals surface area contributed by atoms with Crippen LogP contribution in [0.25, 0.3) is 0 Å². The molecule has 2 saturated heterocycles. The number of rotatable bonds is 2. The monoisotopic (exact) mass is 279 g/mol. The van der Waals surface area contributed by atoms with Crippen LogP contribution in [-0.4, -0.2) is 37.1 Å². The van der Waals surface area contributed by atoms with Gasteiger partial charge in [-0.25, -0.2) is 0 Å². The second kappa shape index (κ2) is 5.31. The summed E-state index contributed by atoms with van der Waals surface area (Å²) < 4.78 is 0. The fraction of sp³-hybridized carbons (Fsp3) is 0.600. The lowest BCUT2D eigenvalue weighted by Crippen LogP contribution is -2.37. The van der Waals surface area contributed by atoms with E-state index in [1.807, 2.05) is 12.1 Å². The standard InChI is InChI=1S/C15H22ClN3/c1-18-12-5-6-13(18)10-19(8-7-12)15-11(9-17)3-2-4-14(15)16/h2-4,12-13H,5-10,17H2,1H3. The molecule has 2 heterocycles. The molecule has 4 heteroatoms. The number of halogens is 1. The number of benzene rings is 1. The Balaban J connectivity index is 1.91. The third-order valence-electron chi connectivity index (χ3n) is 4.75. The summed E-state index contributed by atoms with van der Waals surface area (Å²) in [5, 5.41) is 0.836. The maximum absolute atomic E-state index is 6.42. The summed E-state index contributed by atoms with van der Waals surface area (Å²) in [4.78, 5) is 5.00. The Morgan fingerprint density at radius 2 is 2.05 bits per heavy atom. The van der Waals surface area contributed by atoms with Crippen LogP contribution in [0.2, 0.25) is 5.02 Å². The Morgan fingerprint density at radius 3 is 2.84 bits per heavy atom. The van der Waals surface area contributed by atoms with Crippen LogP contribution < -0.4 is 10.6 Å². The average Bonchev–Trinajstić information content (AvgIpc) is 2.64. The van der Waals surface area contributed by atoms with Crippen molar-refractivity contribution in [1.29, 1.82) is 0 Å². The Bertz CT molecular complexity index is 463. The molecule has 2 unspecified atom stereocenters. The number of hydrogen-bond acceptors (Lipinski definition) is 3. The fourth-order valence-electron chi connectivity index (χ4n) is 3.59. The molecule has 0 aromatic heterocycles. The van der Waals surface area contributed by atoms with Crippen molar-refractivity contribution in [2.75, 3.05) is 25.0 Å².